The number of thioether (sulfide) groups is 1. The number of amides is 1. The SMILES string of the molecule is CCc1ccc([C@@H](C)NC(=O)CSc2nnc(N)s2)cc1. The number of nitrogens with zero attached hydrogens (tertiary/aromatic N) is 2. The molecule has 21 heavy (non-hydrogen) atoms. The maximum Gasteiger partial charge on any atom is 0.230 e. The van der Waals surface area contributed by atoms with Gasteiger partial charge in [-0.2, -0.15) is 0 Å². The van der Waals surface area contributed by atoms with E-state index in [1.165, 1.54) is 28.7 Å². The summed E-state index contributed by atoms with van der Waals surface area (Å²) in [6, 6.07) is 8.29. The van der Waals surface area contributed by atoms with Crippen LogP contribution in [0, 0.1) is 0 Å². The smallest absolute Gasteiger partial charge is 0.230 e. The van der Waals surface area contributed by atoms with E-state index in [0.29, 0.717) is 15.2 Å². The molecule has 0 saturated carbocycles. The first-order valence-electron chi connectivity index (χ1n) is 6.68. The summed E-state index contributed by atoms with van der Waals surface area (Å²) in [7, 11) is 0. The van der Waals surface area contributed by atoms with Gasteiger partial charge in [-0.15, -0.1) is 10.2 Å². The molecule has 112 valence electrons. The molecule has 0 radical (unpaired) electrons. The largest absolute Gasteiger partial charge is 0.374 e. The van der Waals surface area contributed by atoms with Crippen LogP contribution in [0.4, 0.5) is 5.13 Å². The monoisotopic (exact) mass is 322 g/mol. The lowest BCUT2D eigenvalue weighted by Crippen LogP contribution is -2.28. The fraction of sp³-hybridized carbons (Fsp3) is 0.357. The van der Waals surface area contributed by atoms with Crippen molar-refractivity contribution in [2.45, 2.75) is 30.6 Å². The van der Waals surface area contributed by atoms with Gasteiger partial charge < -0.3 is 11.1 Å². The normalized spacial score (nSPS) is 12.1. The molecule has 0 aliphatic carbocycles. The summed E-state index contributed by atoms with van der Waals surface area (Å²) in [6.07, 6.45) is 1.02. The quantitative estimate of drug-likeness (QED) is 0.799. The molecule has 0 unspecified atom stereocenters. The zero-order valence-electron chi connectivity index (χ0n) is 12.0. The first-order valence-corrected chi connectivity index (χ1v) is 8.48. The van der Waals surface area contributed by atoms with Crippen molar-refractivity contribution in [3.63, 3.8) is 0 Å². The Hall–Kier alpha value is -1.60. The van der Waals surface area contributed by atoms with Gasteiger partial charge in [0.15, 0.2) is 4.34 Å². The van der Waals surface area contributed by atoms with Gasteiger partial charge in [-0.05, 0) is 24.5 Å². The van der Waals surface area contributed by atoms with Gasteiger partial charge in [0.1, 0.15) is 0 Å². The van der Waals surface area contributed by atoms with Crippen molar-refractivity contribution in [2.24, 2.45) is 0 Å². The van der Waals surface area contributed by atoms with Gasteiger partial charge in [0.25, 0.3) is 0 Å². The summed E-state index contributed by atoms with van der Waals surface area (Å²) in [4.78, 5) is 11.9. The van der Waals surface area contributed by atoms with Crippen LogP contribution < -0.4 is 11.1 Å². The number of nitrogens with two attached hydrogens (primary N) is 1. The van der Waals surface area contributed by atoms with Crippen LogP contribution in [0.15, 0.2) is 28.6 Å². The van der Waals surface area contributed by atoms with Gasteiger partial charge in [0, 0.05) is 0 Å². The Morgan fingerprint density at radius 3 is 2.67 bits per heavy atom. The van der Waals surface area contributed by atoms with E-state index in [1.807, 2.05) is 6.92 Å². The van der Waals surface area contributed by atoms with Gasteiger partial charge in [-0.3, -0.25) is 4.79 Å². The second-order valence-corrected chi connectivity index (χ2v) is 6.81. The maximum atomic E-state index is 11.9. The summed E-state index contributed by atoms with van der Waals surface area (Å²) in [5.41, 5.74) is 7.89. The van der Waals surface area contributed by atoms with E-state index in [4.69, 9.17) is 5.73 Å². The highest BCUT2D eigenvalue weighted by Gasteiger charge is 2.11. The van der Waals surface area contributed by atoms with E-state index in [9.17, 15) is 4.79 Å². The standard InChI is InChI=1S/C14H18N4OS2/c1-3-10-4-6-11(7-5-10)9(2)16-12(19)8-20-14-18-17-13(15)21-14/h4-7,9H,3,8H2,1-2H3,(H2,15,17)(H,16,19)/t9-/m1/s1. The first-order chi connectivity index (χ1) is 10.1. The lowest BCUT2D eigenvalue weighted by Gasteiger charge is -2.14. The Bertz CT molecular complexity index is 597. The highest BCUT2D eigenvalue weighted by atomic mass is 32.2. The maximum absolute atomic E-state index is 11.9. The summed E-state index contributed by atoms with van der Waals surface area (Å²) in [6.45, 7) is 4.10. The predicted octanol–water partition coefficient (Wildman–Crippen LogP) is 2.65. The summed E-state index contributed by atoms with van der Waals surface area (Å²) in [5.74, 6) is 0.285. The molecule has 0 aliphatic heterocycles. The molecule has 0 aliphatic rings. The van der Waals surface area contributed by atoms with Crippen LogP contribution in [0.1, 0.15) is 31.0 Å². The number of hydrogen-bond donors (Lipinski definition) is 2. The van der Waals surface area contributed by atoms with Crippen LogP contribution >= 0.6 is 23.1 Å². The zero-order chi connectivity index (χ0) is 15.2. The molecule has 5 nitrogen and oxygen atoms in total. The van der Waals surface area contributed by atoms with Gasteiger partial charge in [-0.1, -0.05) is 54.3 Å². The first kappa shape index (κ1) is 15.8. The van der Waals surface area contributed by atoms with E-state index in [0.717, 1.165) is 12.0 Å². The molecule has 0 fully saturated rings. The minimum Gasteiger partial charge on any atom is -0.374 e. The molecule has 1 atom stereocenters. The summed E-state index contributed by atoms with van der Waals surface area (Å²) >= 11 is 2.63. The lowest BCUT2D eigenvalue weighted by atomic mass is 10.1. The number of carbonyl (C=O) groups excluding carboxylic acids is 1. The van der Waals surface area contributed by atoms with E-state index in [2.05, 4.69) is 46.7 Å². The van der Waals surface area contributed by atoms with Gasteiger partial charge in [-0.25, -0.2) is 0 Å². The Morgan fingerprint density at radius 1 is 1.38 bits per heavy atom. The third-order valence-electron chi connectivity index (χ3n) is 3.01. The topological polar surface area (TPSA) is 80.9 Å². The Labute approximate surface area is 132 Å². The lowest BCUT2D eigenvalue weighted by molar-refractivity contribution is -0.119. The predicted molar refractivity (Wildman–Crippen MR) is 87.4 cm³/mol. The number of nitrogen functional groups attached to an aromatic ring is 1. The Balaban J connectivity index is 1.83. The number of nitrogens with one attached hydrogen (secondary N) is 1. The third-order valence-corrected chi connectivity index (χ3v) is 4.90. The van der Waals surface area contributed by atoms with E-state index in [1.54, 1.807) is 0 Å². The highest BCUT2D eigenvalue weighted by Crippen LogP contribution is 2.23. The van der Waals surface area contributed by atoms with E-state index in [-0.39, 0.29) is 11.9 Å². The second-order valence-electron chi connectivity index (χ2n) is 4.58. The van der Waals surface area contributed by atoms with Crippen LogP contribution in [0.5, 0.6) is 0 Å². The molecule has 0 spiro atoms. The molecule has 7 heteroatoms. The van der Waals surface area contributed by atoms with Gasteiger partial charge in [0.05, 0.1) is 11.8 Å². The van der Waals surface area contributed by atoms with Crippen molar-refractivity contribution in [3.8, 4) is 0 Å². The fourth-order valence-electron chi connectivity index (χ4n) is 1.81. The number of carbonyl (C=O) groups is 1. The number of hydrogen-bond acceptors (Lipinski definition) is 6. The number of aryl methyl sites for hydroxylation is 1. The molecule has 2 aromatic rings. The zero-order valence-corrected chi connectivity index (χ0v) is 13.6. The molecule has 0 saturated heterocycles. The molecular formula is C14H18N4OS2. The van der Waals surface area contributed by atoms with Crippen molar-refractivity contribution in [2.75, 3.05) is 11.5 Å². The Kier molecular flexibility index (Phi) is 5.58. The minimum absolute atomic E-state index is 0.0107. The number of aromatic nitrogens is 2. The summed E-state index contributed by atoms with van der Waals surface area (Å²) < 4.78 is 0.711. The van der Waals surface area contributed by atoms with Crippen LogP contribution in [0.2, 0.25) is 0 Å². The van der Waals surface area contributed by atoms with Gasteiger partial charge in [0.2, 0.25) is 11.0 Å². The van der Waals surface area contributed by atoms with Crippen molar-refractivity contribution in [3.05, 3.63) is 35.4 Å². The number of anilines is 1. The average Bonchev–Trinajstić information content (AvgIpc) is 2.91. The molecule has 1 amide bonds. The second kappa shape index (κ2) is 7.42. The minimum atomic E-state index is -0.0270. The van der Waals surface area contributed by atoms with Gasteiger partial charge >= 0.3 is 0 Å². The van der Waals surface area contributed by atoms with Crippen molar-refractivity contribution < 1.29 is 4.79 Å². The summed E-state index contributed by atoms with van der Waals surface area (Å²) in [5, 5.41) is 11.0. The van der Waals surface area contributed by atoms with Crippen molar-refractivity contribution in [1.29, 1.82) is 0 Å². The van der Waals surface area contributed by atoms with Crippen LogP contribution in [-0.4, -0.2) is 21.9 Å². The van der Waals surface area contributed by atoms with E-state index >= 15 is 0 Å². The molecule has 1 heterocycles. The van der Waals surface area contributed by atoms with Crippen LogP contribution in [0.3, 0.4) is 0 Å². The van der Waals surface area contributed by atoms with E-state index < -0.39 is 0 Å². The van der Waals surface area contributed by atoms with Crippen LogP contribution in [-0.2, 0) is 11.2 Å². The molecular weight excluding hydrogens is 304 g/mol. The molecule has 0 bridgehead atoms. The van der Waals surface area contributed by atoms with Crippen LogP contribution in [0.25, 0.3) is 0 Å². The number of benzene rings is 1. The van der Waals surface area contributed by atoms with Crippen molar-refractivity contribution >= 4 is 34.1 Å². The average molecular weight is 322 g/mol. The fourth-order valence-corrected chi connectivity index (χ4v) is 3.26. The highest BCUT2D eigenvalue weighted by molar-refractivity contribution is 8.01. The van der Waals surface area contributed by atoms with Crippen molar-refractivity contribution in [1.82, 2.24) is 15.5 Å². The molecule has 3 N–H and O–H groups in total. The Morgan fingerprint density at radius 2 is 2.10 bits per heavy atom. The molecule has 1 aromatic heterocycles. The molecule has 1 aromatic carbocycles. The molecule has 2 rings (SSSR count). The third kappa shape index (κ3) is 4.71. The number of rotatable bonds is 6.